The van der Waals surface area contributed by atoms with Gasteiger partial charge in [0.25, 0.3) is 0 Å². The van der Waals surface area contributed by atoms with Crippen LogP contribution in [0.5, 0.6) is 0 Å². The van der Waals surface area contributed by atoms with E-state index in [-0.39, 0.29) is 0 Å². The Labute approximate surface area is 258 Å². The van der Waals surface area contributed by atoms with Crippen molar-refractivity contribution < 1.29 is 0 Å². The largest absolute Gasteiger partial charge is 0.0622 e. The fraction of sp³-hybridized carbons (Fsp3) is 0. The molecule has 0 spiro atoms. The van der Waals surface area contributed by atoms with Crippen LogP contribution in [0.3, 0.4) is 0 Å². The number of hydrogen-bond donors (Lipinski definition) is 0. The van der Waals surface area contributed by atoms with Crippen molar-refractivity contribution >= 4 is 21.5 Å². The van der Waals surface area contributed by atoms with Gasteiger partial charge in [-0.15, -0.1) is 0 Å². The summed E-state index contributed by atoms with van der Waals surface area (Å²) in [5, 5.41) is 5.06. The highest BCUT2D eigenvalue weighted by atomic mass is 14.2. The third-order valence-corrected chi connectivity index (χ3v) is 8.71. The fourth-order valence-electron chi connectivity index (χ4n) is 6.62. The van der Waals surface area contributed by atoms with Gasteiger partial charge >= 0.3 is 0 Å². The average Bonchev–Trinajstić information content (AvgIpc) is 3.11. The molecule has 0 bridgehead atoms. The zero-order valence-electron chi connectivity index (χ0n) is 24.3. The molecule has 0 amide bonds. The summed E-state index contributed by atoms with van der Waals surface area (Å²) in [6, 6.07) is 65.9. The molecule has 0 N–H and O–H groups in total. The van der Waals surface area contributed by atoms with Crippen LogP contribution in [-0.2, 0) is 0 Å². The second-order valence-corrected chi connectivity index (χ2v) is 11.3. The van der Waals surface area contributed by atoms with Crippen molar-refractivity contribution in [2.24, 2.45) is 0 Å². The van der Waals surface area contributed by atoms with Gasteiger partial charge in [0.15, 0.2) is 0 Å². The quantitative estimate of drug-likeness (QED) is 0.184. The van der Waals surface area contributed by atoms with Crippen LogP contribution >= 0.6 is 0 Å². The third kappa shape index (κ3) is 4.58. The monoisotopic (exact) mass is 558 g/mol. The summed E-state index contributed by atoms with van der Waals surface area (Å²) in [4.78, 5) is 0. The molecule has 44 heavy (non-hydrogen) atoms. The second kappa shape index (κ2) is 11.2. The molecule has 0 saturated heterocycles. The zero-order chi connectivity index (χ0) is 29.3. The maximum atomic E-state index is 2.29. The highest BCUT2D eigenvalue weighted by Crippen LogP contribution is 2.46. The smallest absolute Gasteiger partial charge is 0.00201 e. The van der Waals surface area contributed by atoms with Gasteiger partial charge in [-0.2, -0.15) is 0 Å². The van der Waals surface area contributed by atoms with Crippen LogP contribution in [-0.4, -0.2) is 0 Å². The van der Waals surface area contributed by atoms with Crippen LogP contribution in [0.4, 0.5) is 0 Å². The first-order valence-electron chi connectivity index (χ1n) is 15.2. The predicted molar refractivity (Wildman–Crippen MR) is 189 cm³/mol. The van der Waals surface area contributed by atoms with Crippen molar-refractivity contribution in [1.29, 1.82) is 0 Å². The molecule has 0 heterocycles. The van der Waals surface area contributed by atoms with Crippen molar-refractivity contribution in [3.63, 3.8) is 0 Å². The standard InChI is InChI=1S/C44H30/c1-3-13-31(14-4-1)33-23-27-35(28-24-33)37-17-7-8-18-38(37)44-41-21-11-9-19-39(41)43(40-20-10-12-22-42(40)44)36-29-25-34(26-30-36)32-15-5-2-6-16-32/h1-30H. The molecule has 0 radical (unpaired) electrons. The van der Waals surface area contributed by atoms with Crippen LogP contribution in [0.25, 0.3) is 77.2 Å². The maximum absolute atomic E-state index is 2.29. The van der Waals surface area contributed by atoms with E-state index in [1.54, 1.807) is 0 Å². The average molecular weight is 559 g/mol. The van der Waals surface area contributed by atoms with Gasteiger partial charge in [-0.1, -0.05) is 182 Å². The van der Waals surface area contributed by atoms with Crippen LogP contribution in [0, 0.1) is 0 Å². The Morgan fingerprint density at radius 3 is 0.977 bits per heavy atom. The molecule has 0 atom stereocenters. The lowest BCUT2D eigenvalue weighted by Crippen LogP contribution is -1.92. The minimum Gasteiger partial charge on any atom is -0.0622 e. The first-order valence-corrected chi connectivity index (χ1v) is 15.2. The van der Waals surface area contributed by atoms with Gasteiger partial charge in [-0.25, -0.2) is 0 Å². The molecule has 0 aliphatic carbocycles. The lowest BCUT2D eigenvalue weighted by Gasteiger charge is -2.20. The molecule has 0 nitrogen and oxygen atoms in total. The minimum atomic E-state index is 1.22. The summed E-state index contributed by atoms with van der Waals surface area (Å²) in [5.41, 5.74) is 12.4. The van der Waals surface area contributed by atoms with Gasteiger partial charge in [-0.3, -0.25) is 0 Å². The first kappa shape index (κ1) is 25.9. The fourth-order valence-corrected chi connectivity index (χ4v) is 6.62. The van der Waals surface area contributed by atoms with Crippen molar-refractivity contribution in [1.82, 2.24) is 0 Å². The van der Waals surface area contributed by atoms with Crippen molar-refractivity contribution in [3.8, 4) is 55.6 Å². The zero-order valence-corrected chi connectivity index (χ0v) is 24.3. The van der Waals surface area contributed by atoms with Crippen LogP contribution < -0.4 is 0 Å². The Bertz CT molecular complexity index is 2170. The molecule has 8 rings (SSSR count). The number of benzene rings is 8. The van der Waals surface area contributed by atoms with E-state index in [0.29, 0.717) is 0 Å². The van der Waals surface area contributed by atoms with E-state index in [1.165, 1.54) is 77.2 Å². The normalized spacial score (nSPS) is 11.2. The van der Waals surface area contributed by atoms with E-state index in [2.05, 4.69) is 182 Å². The number of fused-ring (bicyclic) bond motifs is 2. The topological polar surface area (TPSA) is 0 Å². The molecule has 0 fully saturated rings. The SMILES string of the molecule is c1ccc(-c2ccc(-c3ccccc3-c3c4ccccc4c(-c4ccc(-c5ccccc5)cc4)c4ccccc34)cc2)cc1. The maximum Gasteiger partial charge on any atom is -0.00201 e. The first-order chi connectivity index (χ1) is 21.8. The number of rotatable bonds is 5. The third-order valence-electron chi connectivity index (χ3n) is 8.71. The van der Waals surface area contributed by atoms with Crippen molar-refractivity contribution in [2.75, 3.05) is 0 Å². The molecular formula is C44H30. The van der Waals surface area contributed by atoms with Gasteiger partial charge in [0.2, 0.25) is 0 Å². The Morgan fingerprint density at radius 1 is 0.182 bits per heavy atom. The van der Waals surface area contributed by atoms with E-state index in [4.69, 9.17) is 0 Å². The second-order valence-electron chi connectivity index (χ2n) is 11.3. The summed E-state index contributed by atoms with van der Waals surface area (Å²) < 4.78 is 0. The highest BCUT2D eigenvalue weighted by Gasteiger charge is 2.18. The van der Waals surface area contributed by atoms with Crippen LogP contribution in [0.15, 0.2) is 182 Å². The lowest BCUT2D eigenvalue weighted by molar-refractivity contribution is 1.58. The predicted octanol–water partition coefficient (Wildman–Crippen LogP) is 12.3. The van der Waals surface area contributed by atoms with Crippen LogP contribution in [0.2, 0.25) is 0 Å². The van der Waals surface area contributed by atoms with Gasteiger partial charge in [0, 0.05) is 0 Å². The lowest BCUT2D eigenvalue weighted by atomic mass is 9.83. The molecule has 0 unspecified atom stereocenters. The van der Waals surface area contributed by atoms with Crippen molar-refractivity contribution in [3.05, 3.63) is 182 Å². The Kier molecular flexibility index (Phi) is 6.59. The van der Waals surface area contributed by atoms with E-state index in [1.807, 2.05) is 0 Å². The molecule has 0 aliphatic heterocycles. The minimum absolute atomic E-state index is 1.22. The Morgan fingerprint density at radius 2 is 0.500 bits per heavy atom. The molecule has 206 valence electrons. The van der Waals surface area contributed by atoms with E-state index in [0.717, 1.165) is 0 Å². The summed E-state index contributed by atoms with van der Waals surface area (Å²) >= 11 is 0. The summed E-state index contributed by atoms with van der Waals surface area (Å²) in [7, 11) is 0. The number of hydrogen-bond acceptors (Lipinski definition) is 0. The van der Waals surface area contributed by atoms with Crippen LogP contribution in [0.1, 0.15) is 0 Å². The Hall–Kier alpha value is -5.72. The molecule has 0 saturated carbocycles. The summed E-state index contributed by atoms with van der Waals surface area (Å²) in [6.45, 7) is 0. The van der Waals surface area contributed by atoms with Gasteiger partial charge in [-0.05, 0) is 77.2 Å². The Balaban J connectivity index is 1.32. The van der Waals surface area contributed by atoms with Crippen molar-refractivity contribution in [2.45, 2.75) is 0 Å². The van der Waals surface area contributed by atoms with E-state index < -0.39 is 0 Å². The summed E-state index contributed by atoms with van der Waals surface area (Å²) in [6.07, 6.45) is 0. The van der Waals surface area contributed by atoms with Gasteiger partial charge in [0.1, 0.15) is 0 Å². The summed E-state index contributed by atoms with van der Waals surface area (Å²) in [5.74, 6) is 0. The van der Waals surface area contributed by atoms with E-state index >= 15 is 0 Å². The molecule has 0 aliphatic rings. The van der Waals surface area contributed by atoms with Gasteiger partial charge < -0.3 is 0 Å². The van der Waals surface area contributed by atoms with Gasteiger partial charge in [0.05, 0.1) is 0 Å². The highest BCUT2D eigenvalue weighted by molar-refractivity contribution is 6.22. The molecule has 0 aromatic heterocycles. The molecule has 8 aromatic rings. The molecule has 0 heteroatoms. The van der Waals surface area contributed by atoms with E-state index in [9.17, 15) is 0 Å². The molecule has 8 aromatic carbocycles. The molecular weight excluding hydrogens is 528 g/mol.